The third-order valence-corrected chi connectivity index (χ3v) is 4.26. The normalized spacial score (nSPS) is 12.6. The van der Waals surface area contributed by atoms with Crippen LogP contribution in [0.25, 0.3) is 22.4 Å². The summed E-state index contributed by atoms with van der Waals surface area (Å²) >= 11 is 0. The molecule has 4 rings (SSSR count). The Labute approximate surface area is 149 Å². The number of carbonyl (C=O) groups excluding carboxylic acids is 1. The molecule has 3 aromatic rings. The standard InChI is InChI=1S/C18H8F3N3O3/c19-18(20,21)17-13(9-5-7-10(8-6-9)24(26)27)14-15(22-23-17)11-3-1-2-4-12(11)16(14)25/h1-8H. The fourth-order valence-electron chi connectivity index (χ4n) is 3.10. The molecule has 1 aromatic heterocycles. The highest BCUT2D eigenvalue weighted by atomic mass is 19.4. The smallest absolute Gasteiger partial charge is 0.288 e. The maximum absolute atomic E-state index is 13.5. The molecule has 0 N–H and O–H groups in total. The molecule has 0 radical (unpaired) electrons. The maximum Gasteiger partial charge on any atom is 0.435 e. The van der Waals surface area contributed by atoms with Crippen molar-refractivity contribution in [3.05, 3.63) is 75.5 Å². The highest BCUT2D eigenvalue weighted by molar-refractivity contribution is 6.24. The molecule has 1 aliphatic carbocycles. The number of nitro groups is 1. The Morgan fingerprint density at radius 2 is 1.52 bits per heavy atom. The molecule has 1 heterocycles. The van der Waals surface area contributed by atoms with Gasteiger partial charge in [0.25, 0.3) is 5.69 Å². The fraction of sp³-hybridized carbons (Fsp3) is 0.0556. The van der Waals surface area contributed by atoms with Crippen molar-refractivity contribution in [1.82, 2.24) is 10.2 Å². The van der Waals surface area contributed by atoms with Crippen LogP contribution in [0.15, 0.2) is 48.5 Å². The fourth-order valence-corrected chi connectivity index (χ4v) is 3.10. The van der Waals surface area contributed by atoms with Gasteiger partial charge in [0.15, 0.2) is 11.5 Å². The van der Waals surface area contributed by atoms with Crippen LogP contribution in [0.3, 0.4) is 0 Å². The van der Waals surface area contributed by atoms with Gasteiger partial charge in [-0.3, -0.25) is 14.9 Å². The van der Waals surface area contributed by atoms with Crippen LogP contribution in [0.4, 0.5) is 18.9 Å². The van der Waals surface area contributed by atoms with Gasteiger partial charge in [0.1, 0.15) is 5.69 Å². The molecule has 134 valence electrons. The van der Waals surface area contributed by atoms with E-state index in [0.717, 1.165) is 12.1 Å². The van der Waals surface area contributed by atoms with Crippen LogP contribution in [0.5, 0.6) is 0 Å². The van der Waals surface area contributed by atoms with Gasteiger partial charge in [-0.15, -0.1) is 10.2 Å². The number of hydrogen-bond acceptors (Lipinski definition) is 5. The second-order valence-electron chi connectivity index (χ2n) is 5.82. The topological polar surface area (TPSA) is 86.0 Å². The molecule has 0 spiro atoms. The van der Waals surface area contributed by atoms with E-state index in [-0.39, 0.29) is 28.1 Å². The van der Waals surface area contributed by atoms with Crippen molar-refractivity contribution in [1.29, 1.82) is 0 Å². The monoisotopic (exact) mass is 371 g/mol. The number of halogens is 3. The van der Waals surface area contributed by atoms with Gasteiger partial charge in [-0.2, -0.15) is 13.2 Å². The van der Waals surface area contributed by atoms with Gasteiger partial charge in [-0.25, -0.2) is 0 Å². The van der Waals surface area contributed by atoms with E-state index >= 15 is 0 Å². The molecule has 1 aliphatic rings. The van der Waals surface area contributed by atoms with Crippen LogP contribution in [-0.4, -0.2) is 20.9 Å². The van der Waals surface area contributed by atoms with Gasteiger partial charge < -0.3 is 0 Å². The minimum Gasteiger partial charge on any atom is -0.288 e. The summed E-state index contributed by atoms with van der Waals surface area (Å²) in [6, 6.07) is 10.8. The Morgan fingerprint density at radius 3 is 2.11 bits per heavy atom. The van der Waals surface area contributed by atoms with Crippen LogP contribution in [0, 0.1) is 10.1 Å². The molecule has 9 heteroatoms. The van der Waals surface area contributed by atoms with Gasteiger partial charge in [0.05, 0.1) is 10.5 Å². The van der Waals surface area contributed by atoms with E-state index in [2.05, 4.69) is 10.2 Å². The molecule has 27 heavy (non-hydrogen) atoms. The molecule has 0 saturated carbocycles. The molecular weight excluding hydrogens is 363 g/mol. The van der Waals surface area contributed by atoms with E-state index in [9.17, 15) is 28.1 Å². The summed E-state index contributed by atoms with van der Waals surface area (Å²) < 4.78 is 40.6. The van der Waals surface area contributed by atoms with E-state index in [0.29, 0.717) is 5.56 Å². The van der Waals surface area contributed by atoms with Crippen molar-refractivity contribution in [3.8, 4) is 22.4 Å². The van der Waals surface area contributed by atoms with Crippen LogP contribution >= 0.6 is 0 Å². The van der Waals surface area contributed by atoms with Gasteiger partial charge in [-0.05, 0) is 17.7 Å². The SMILES string of the molecule is O=C1c2ccccc2-c2nnc(C(F)(F)F)c(-c3ccc([N+](=O)[O-])cc3)c21. The maximum atomic E-state index is 13.5. The summed E-state index contributed by atoms with van der Waals surface area (Å²) in [7, 11) is 0. The van der Waals surface area contributed by atoms with Gasteiger partial charge in [0, 0.05) is 28.8 Å². The third-order valence-electron chi connectivity index (χ3n) is 4.26. The quantitative estimate of drug-likeness (QED) is 0.388. The Balaban J connectivity index is 2.03. The summed E-state index contributed by atoms with van der Waals surface area (Å²) in [5.74, 6) is -0.589. The number of non-ortho nitro benzene ring substituents is 1. The largest absolute Gasteiger partial charge is 0.435 e. The number of ketones is 1. The highest BCUT2D eigenvalue weighted by Crippen LogP contribution is 2.44. The molecule has 0 atom stereocenters. The Kier molecular flexibility index (Phi) is 3.55. The van der Waals surface area contributed by atoms with Crippen LogP contribution in [0.1, 0.15) is 21.6 Å². The summed E-state index contributed by atoms with van der Waals surface area (Å²) in [6.45, 7) is 0. The van der Waals surface area contributed by atoms with E-state index in [1.54, 1.807) is 18.2 Å². The summed E-state index contributed by atoms with van der Waals surface area (Å²) in [5, 5.41) is 17.8. The Bertz CT molecular complexity index is 1110. The molecule has 0 amide bonds. The van der Waals surface area contributed by atoms with Crippen molar-refractivity contribution in [2.75, 3.05) is 0 Å². The first kappa shape index (κ1) is 16.8. The number of nitrogens with zero attached hydrogens (tertiary/aromatic N) is 3. The van der Waals surface area contributed by atoms with Crippen LogP contribution in [-0.2, 0) is 6.18 Å². The number of nitro benzene ring substituents is 1. The first-order valence-electron chi connectivity index (χ1n) is 7.66. The van der Waals surface area contributed by atoms with Crippen molar-refractivity contribution in [2.24, 2.45) is 0 Å². The zero-order chi connectivity index (χ0) is 19.3. The molecule has 0 fully saturated rings. The van der Waals surface area contributed by atoms with Crippen LogP contribution in [0.2, 0.25) is 0 Å². The highest BCUT2D eigenvalue weighted by Gasteiger charge is 2.42. The minimum atomic E-state index is -4.85. The zero-order valence-corrected chi connectivity index (χ0v) is 13.3. The van der Waals surface area contributed by atoms with Gasteiger partial charge in [0.2, 0.25) is 0 Å². The van der Waals surface area contributed by atoms with E-state index in [1.807, 2.05) is 0 Å². The average molecular weight is 371 g/mol. The molecule has 2 aromatic carbocycles. The minimum absolute atomic E-state index is 0.000214. The number of fused-ring (bicyclic) bond motifs is 3. The molecule has 0 saturated heterocycles. The van der Waals surface area contributed by atoms with Crippen molar-refractivity contribution < 1.29 is 22.9 Å². The zero-order valence-electron chi connectivity index (χ0n) is 13.3. The first-order valence-corrected chi connectivity index (χ1v) is 7.66. The van der Waals surface area contributed by atoms with Gasteiger partial charge in [-0.1, -0.05) is 24.3 Å². The van der Waals surface area contributed by atoms with Crippen molar-refractivity contribution in [2.45, 2.75) is 6.18 Å². The molecular formula is C18H8F3N3O3. The third kappa shape index (κ3) is 2.55. The second kappa shape index (κ2) is 5.70. The summed E-state index contributed by atoms with van der Waals surface area (Å²) in [5.41, 5.74) is -1.50. The summed E-state index contributed by atoms with van der Waals surface area (Å²) in [4.78, 5) is 22.9. The molecule has 6 nitrogen and oxygen atoms in total. The number of benzene rings is 2. The van der Waals surface area contributed by atoms with E-state index in [4.69, 9.17) is 0 Å². The predicted octanol–water partition coefficient (Wildman–Crippen LogP) is 4.28. The summed E-state index contributed by atoms with van der Waals surface area (Å²) in [6.07, 6.45) is -4.85. The Morgan fingerprint density at radius 1 is 0.889 bits per heavy atom. The lowest BCUT2D eigenvalue weighted by Gasteiger charge is -2.14. The lowest BCUT2D eigenvalue weighted by molar-refractivity contribution is -0.384. The Hall–Kier alpha value is -3.62. The first-order chi connectivity index (χ1) is 12.8. The van der Waals surface area contributed by atoms with Crippen molar-refractivity contribution >= 4 is 11.5 Å². The van der Waals surface area contributed by atoms with E-state index in [1.165, 1.54) is 18.2 Å². The lowest BCUT2D eigenvalue weighted by atomic mass is 9.96. The predicted molar refractivity (Wildman–Crippen MR) is 88.0 cm³/mol. The molecule has 0 aliphatic heterocycles. The molecule has 0 unspecified atom stereocenters. The number of rotatable bonds is 2. The average Bonchev–Trinajstić information content (AvgIpc) is 2.93. The number of aromatic nitrogens is 2. The number of alkyl halides is 3. The number of carbonyl (C=O) groups is 1. The van der Waals surface area contributed by atoms with Crippen molar-refractivity contribution in [3.63, 3.8) is 0 Å². The van der Waals surface area contributed by atoms with Crippen LogP contribution < -0.4 is 0 Å². The lowest BCUT2D eigenvalue weighted by Crippen LogP contribution is -2.15. The van der Waals surface area contributed by atoms with E-state index < -0.39 is 28.1 Å². The second-order valence-corrected chi connectivity index (χ2v) is 5.82. The number of hydrogen-bond donors (Lipinski definition) is 0. The molecule has 0 bridgehead atoms. The van der Waals surface area contributed by atoms with Gasteiger partial charge >= 0.3 is 6.18 Å².